The van der Waals surface area contributed by atoms with Gasteiger partial charge in [0.1, 0.15) is 6.10 Å². The third-order valence-corrected chi connectivity index (χ3v) is 3.11. The van der Waals surface area contributed by atoms with Crippen LogP contribution in [-0.2, 0) is 0 Å². The number of rotatable bonds is 3. The first-order valence-electron chi connectivity index (χ1n) is 3.99. The van der Waals surface area contributed by atoms with E-state index in [0.29, 0.717) is 0 Å². The molecule has 1 aromatic heterocycles. The number of thiazole rings is 1. The highest BCUT2D eigenvalue weighted by Gasteiger charge is 2.15. The van der Waals surface area contributed by atoms with Crippen molar-refractivity contribution < 1.29 is 10.2 Å². The Morgan fingerprint density at radius 1 is 1.54 bits per heavy atom. The average molecular weight is 202 g/mol. The lowest BCUT2D eigenvalue weighted by atomic mass is 10.3. The van der Waals surface area contributed by atoms with Crippen LogP contribution in [0.4, 0.5) is 5.13 Å². The zero-order chi connectivity index (χ0) is 10.0. The summed E-state index contributed by atoms with van der Waals surface area (Å²) in [7, 11) is 3.79. The molecule has 0 aliphatic rings. The van der Waals surface area contributed by atoms with Gasteiger partial charge in [-0.1, -0.05) is 11.3 Å². The minimum absolute atomic E-state index is 0.254. The Balaban J connectivity index is 2.96. The molecule has 5 heteroatoms. The van der Waals surface area contributed by atoms with Crippen molar-refractivity contribution in [2.75, 3.05) is 25.6 Å². The van der Waals surface area contributed by atoms with E-state index in [-0.39, 0.29) is 6.61 Å². The van der Waals surface area contributed by atoms with Crippen molar-refractivity contribution in [3.05, 3.63) is 10.6 Å². The SMILES string of the molecule is Cc1nc(N(C)C)sc1C(O)CO. The zero-order valence-electron chi connectivity index (χ0n) is 7.98. The van der Waals surface area contributed by atoms with Gasteiger partial charge in [-0.05, 0) is 6.92 Å². The van der Waals surface area contributed by atoms with Crippen LogP contribution in [0.2, 0.25) is 0 Å². The zero-order valence-corrected chi connectivity index (χ0v) is 8.80. The average Bonchev–Trinajstić information content (AvgIpc) is 2.46. The second-order valence-corrected chi connectivity index (χ2v) is 4.05. The van der Waals surface area contributed by atoms with Crippen LogP contribution in [0.25, 0.3) is 0 Å². The van der Waals surface area contributed by atoms with E-state index in [9.17, 15) is 5.11 Å². The van der Waals surface area contributed by atoms with E-state index in [1.165, 1.54) is 11.3 Å². The molecule has 1 aromatic rings. The molecule has 0 aromatic carbocycles. The fourth-order valence-electron chi connectivity index (χ4n) is 0.977. The number of nitrogens with zero attached hydrogens (tertiary/aromatic N) is 2. The molecular formula is C8H14N2O2S. The first kappa shape index (κ1) is 10.4. The van der Waals surface area contributed by atoms with Gasteiger partial charge in [-0.15, -0.1) is 0 Å². The summed E-state index contributed by atoms with van der Waals surface area (Å²) >= 11 is 1.41. The van der Waals surface area contributed by atoms with Crippen LogP contribution in [0.3, 0.4) is 0 Å². The molecule has 0 saturated carbocycles. The van der Waals surface area contributed by atoms with Crippen molar-refractivity contribution >= 4 is 16.5 Å². The Morgan fingerprint density at radius 2 is 2.15 bits per heavy atom. The predicted octanol–water partition coefficient (Wildman–Crippen LogP) is 0.543. The summed E-state index contributed by atoms with van der Waals surface area (Å²) in [6.07, 6.45) is -0.800. The maximum Gasteiger partial charge on any atom is 0.185 e. The number of aryl methyl sites for hydroxylation is 1. The van der Waals surface area contributed by atoms with Crippen molar-refractivity contribution in [1.29, 1.82) is 0 Å². The Morgan fingerprint density at radius 3 is 2.54 bits per heavy atom. The van der Waals surface area contributed by atoms with Crippen LogP contribution in [0.1, 0.15) is 16.7 Å². The molecule has 0 bridgehead atoms. The van der Waals surface area contributed by atoms with E-state index in [1.807, 2.05) is 25.9 Å². The molecule has 1 unspecified atom stereocenters. The van der Waals surface area contributed by atoms with Crippen molar-refractivity contribution in [2.45, 2.75) is 13.0 Å². The van der Waals surface area contributed by atoms with Gasteiger partial charge in [-0.2, -0.15) is 0 Å². The summed E-state index contributed by atoms with van der Waals surface area (Å²) in [4.78, 5) is 6.87. The second-order valence-electron chi connectivity index (χ2n) is 3.04. The molecule has 0 aliphatic heterocycles. The molecular weight excluding hydrogens is 188 g/mol. The van der Waals surface area contributed by atoms with Gasteiger partial charge in [-0.25, -0.2) is 4.98 Å². The normalized spacial score (nSPS) is 13.0. The van der Waals surface area contributed by atoms with Gasteiger partial charge in [-0.3, -0.25) is 0 Å². The highest BCUT2D eigenvalue weighted by Crippen LogP contribution is 2.29. The Kier molecular flexibility index (Phi) is 3.24. The van der Waals surface area contributed by atoms with Crippen LogP contribution in [0, 0.1) is 6.92 Å². The van der Waals surface area contributed by atoms with Crippen LogP contribution in [0.15, 0.2) is 0 Å². The Hall–Kier alpha value is -0.650. The third-order valence-electron chi connectivity index (χ3n) is 1.68. The summed E-state index contributed by atoms with van der Waals surface area (Å²) in [5.41, 5.74) is 0.787. The molecule has 1 atom stereocenters. The fourth-order valence-corrected chi connectivity index (χ4v) is 1.94. The van der Waals surface area contributed by atoms with Gasteiger partial charge >= 0.3 is 0 Å². The first-order chi connectivity index (χ1) is 6.06. The van der Waals surface area contributed by atoms with Gasteiger partial charge in [0.25, 0.3) is 0 Å². The highest BCUT2D eigenvalue weighted by atomic mass is 32.1. The topological polar surface area (TPSA) is 56.6 Å². The van der Waals surface area contributed by atoms with Crippen molar-refractivity contribution in [1.82, 2.24) is 4.98 Å². The third kappa shape index (κ3) is 2.18. The van der Waals surface area contributed by atoms with E-state index in [0.717, 1.165) is 15.7 Å². The van der Waals surface area contributed by atoms with Gasteiger partial charge in [0.2, 0.25) is 0 Å². The summed E-state index contributed by atoms with van der Waals surface area (Å²) < 4.78 is 0. The minimum Gasteiger partial charge on any atom is -0.393 e. The van der Waals surface area contributed by atoms with E-state index in [4.69, 9.17) is 5.11 Å². The lowest BCUT2D eigenvalue weighted by Crippen LogP contribution is -2.07. The molecule has 0 aliphatic carbocycles. The number of hydrogen-bond donors (Lipinski definition) is 2. The van der Waals surface area contributed by atoms with E-state index >= 15 is 0 Å². The molecule has 4 nitrogen and oxygen atoms in total. The maximum absolute atomic E-state index is 9.41. The Labute approximate surface area is 81.5 Å². The molecule has 1 heterocycles. The standard InChI is InChI=1S/C8H14N2O2S/c1-5-7(6(12)4-11)13-8(9-5)10(2)3/h6,11-12H,4H2,1-3H3. The van der Waals surface area contributed by atoms with Gasteiger partial charge in [0.05, 0.1) is 17.2 Å². The first-order valence-corrected chi connectivity index (χ1v) is 4.81. The number of anilines is 1. The van der Waals surface area contributed by atoms with Gasteiger partial charge in [0.15, 0.2) is 5.13 Å². The van der Waals surface area contributed by atoms with Crippen LogP contribution >= 0.6 is 11.3 Å². The van der Waals surface area contributed by atoms with Gasteiger partial charge in [0, 0.05) is 14.1 Å². The summed E-state index contributed by atoms with van der Waals surface area (Å²) in [6, 6.07) is 0. The van der Waals surface area contributed by atoms with E-state index in [2.05, 4.69) is 4.98 Å². The minimum atomic E-state index is -0.800. The predicted molar refractivity (Wildman–Crippen MR) is 53.2 cm³/mol. The second kappa shape index (κ2) is 4.04. The smallest absolute Gasteiger partial charge is 0.185 e. The quantitative estimate of drug-likeness (QED) is 0.751. The molecule has 2 N–H and O–H groups in total. The van der Waals surface area contributed by atoms with Crippen LogP contribution in [-0.4, -0.2) is 35.9 Å². The van der Waals surface area contributed by atoms with Crippen molar-refractivity contribution in [3.63, 3.8) is 0 Å². The van der Waals surface area contributed by atoms with E-state index < -0.39 is 6.10 Å². The van der Waals surface area contributed by atoms with E-state index in [1.54, 1.807) is 0 Å². The molecule has 13 heavy (non-hydrogen) atoms. The largest absolute Gasteiger partial charge is 0.393 e. The number of aromatic nitrogens is 1. The summed E-state index contributed by atoms with van der Waals surface area (Å²) in [5.74, 6) is 0. The molecule has 0 fully saturated rings. The number of aliphatic hydroxyl groups is 2. The lowest BCUT2D eigenvalue weighted by Gasteiger charge is -2.06. The fraction of sp³-hybridized carbons (Fsp3) is 0.625. The van der Waals surface area contributed by atoms with Crippen molar-refractivity contribution in [2.24, 2.45) is 0 Å². The number of hydrogen-bond acceptors (Lipinski definition) is 5. The molecule has 0 amide bonds. The molecule has 0 spiro atoms. The molecule has 74 valence electrons. The molecule has 0 radical (unpaired) electrons. The monoisotopic (exact) mass is 202 g/mol. The number of aliphatic hydroxyl groups excluding tert-OH is 2. The van der Waals surface area contributed by atoms with Gasteiger partial charge < -0.3 is 15.1 Å². The van der Waals surface area contributed by atoms with Crippen LogP contribution in [0.5, 0.6) is 0 Å². The highest BCUT2D eigenvalue weighted by molar-refractivity contribution is 7.15. The van der Waals surface area contributed by atoms with Crippen molar-refractivity contribution in [3.8, 4) is 0 Å². The summed E-state index contributed by atoms with van der Waals surface area (Å²) in [6.45, 7) is 1.58. The Bertz CT molecular complexity index is 286. The maximum atomic E-state index is 9.41. The van der Waals surface area contributed by atoms with Crippen LogP contribution < -0.4 is 4.90 Å². The molecule has 0 saturated heterocycles. The lowest BCUT2D eigenvalue weighted by molar-refractivity contribution is 0.0977. The molecule has 1 rings (SSSR count). The summed E-state index contributed by atoms with van der Waals surface area (Å²) in [5, 5.41) is 19.0.